The third kappa shape index (κ3) is 4.91. The van der Waals surface area contributed by atoms with Gasteiger partial charge in [-0.25, -0.2) is 9.80 Å². The maximum atomic E-state index is 12.3. The number of rotatable bonds is 11. The Morgan fingerprint density at radius 1 is 0.676 bits per heavy atom. The first kappa shape index (κ1) is 28.0. The summed E-state index contributed by atoms with van der Waals surface area (Å²) in [5.41, 5.74) is 0. The van der Waals surface area contributed by atoms with Gasteiger partial charge in [-0.2, -0.15) is 16.8 Å². The highest BCUT2D eigenvalue weighted by Crippen LogP contribution is 2.55. The predicted molar refractivity (Wildman–Crippen MR) is 110 cm³/mol. The summed E-state index contributed by atoms with van der Waals surface area (Å²) in [4.78, 5) is 71.7. The van der Waals surface area contributed by atoms with Crippen LogP contribution in [0.3, 0.4) is 0 Å². The molecule has 0 aliphatic carbocycles. The third-order valence-corrected chi connectivity index (χ3v) is 12.5. The number of nitrogens with zero attached hydrogens (tertiary/aromatic N) is 2. The van der Waals surface area contributed by atoms with Gasteiger partial charge in [-0.05, 0) is 21.6 Å². The minimum atomic E-state index is -5.78. The molecule has 0 saturated carbocycles. The summed E-state index contributed by atoms with van der Waals surface area (Å²) in [5.74, 6) is -9.05. The Kier molecular flexibility index (Phi) is 7.75. The first-order valence-electron chi connectivity index (χ1n) is 8.86. The lowest BCUT2D eigenvalue weighted by Gasteiger charge is -2.40. The zero-order valence-corrected chi connectivity index (χ0v) is 19.9. The van der Waals surface area contributed by atoms with Gasteiger partial charge >= 0.3 is 32.2 Å². The fourth-order valence-electron chi connectivity index (χ4n) is 3.22. The largest absolute Gasteiger partial charge is 0.481 e. The van der Waals surface area contributed by atoms with Crippen LogP contribution in [0, 0.1) is 0 Å². The van der Waals surface area contributed by atoms with E-state index in [0.717, 1.165) is 0 Å². The Balaban J connectivity index is 2.77. The Morgan fingerprint density at radius 2 is 0.912 bits per heavy atom. The van der Waals surface area contributed by atoms with Crippen molar-refractivity contribution in [3.8, 4) is 0 Å². The van der Waals surface area contributed by atoms with Crippen LogP contribution in [0.4, 0.5) is 0 Å². The van der Waals surface area contributed by atoms with E-state index in [1.165, 1.54) is 0 Å². The van der Waals surface area contributed by atoms with Crippen molar-refractivity contribution in [2.75, 3.05) is 0 Å². The fourth-order valence-corrected chi connectivity index (χ4v) is 10.3. The number of amides is 4. The molecule has 0 spiro atoms. The normalized spacial score (nSPS) is 21.0. The Morgan fingerprint density at radius 3 is 1.09 bits per heavy atom. The number of aliphatic carboxylic acids is 2. The monoisotopic (exact) mass is 564 g/mol. The number of imide groups is 2. The molecular weight excluding hydrogens is 548 g/mol. The molecule has 2 unspecified atom stereocenters. The van der Waals surface area contributed by atoms with Crippen LogP contribution in [0.5, 0.6) is 0 Å². The highest BCUT2D eigenvalue weighted by Gasteiger charge is 2.63. The van der Waals surface area contributed by atoms with Crippen LogP contribution in [0.25, 0.3) is 0 Å². The summed E-state index contributed by atoms with van der Waals surface area (Å²) < 4.78 is 62.2. The van der Waals surface area contributed by atoms with Gasteiger partial charge in [0, 0.05) is 25.7 Å². The molecule has 2 heterocycles. The lowest BCUT2D eigenvalue weighted by Crippen LogP contribution is -2.58. The Labute approximate surface area is 198 Å². The summed E-state index contributed by atoms with van der Waals surface area (Å²) >= 11 is 0. The lowest BCUT2D eigenvalue weighted by molar-refractivity contribution is -0.146. The van der Waals surface area contributed by atoms with Crippen molar-refractivity contribution in [3.63, 3.8) is 0 Å². The average molecular weight is 565 g/mol. The van der Waals surface area contributed by atoms with Crippen LogP contribution >= 0.6 is 21.6 Å². The number of hydrogen-bond donors (Lipinski definition) is 4. The van der Waals surface area contributed by atoms with E-state index in [1.54, 1.807) is 0 Å². The van der Waals surface area contributed by atoms with Gasteiger partial charge in [0.05, 0.1) is 12.8 Å². The van der Waals surface area contributed by atoms with Crippen molar-refractivity contribution in [2.24, 2.45) is 0 Å². The van der Waals surface area contributed by atoms with Gasteiger partial charge in [0.25, 0.3) is 0 Å². The van der Waals surface area contributed by atoms with Gasteiger partial charge in [0.1, 0.15) is 0 Å². The van der Waals surface area contributed by atoms with E-state index < -0.39 is 124 Å². The molecule has 0 aromatic heterocycles. The second-order valence-corrected chi connectivity index (χ2v) is 13.4. The molecule has 34 heavy (non-hydrogen) atoms. The van der Waals surface area contributed by atoms with Crippen molar-refractivity contribution in [1.82, 2.24) is 9.80 Å². The fraction of sp³-hybridized carbons (Fsp3) is 0.571. The van der Waals surface area contributed by atoms with E-state index in [9.17, 15) is 64.9 Å². The van der Waals surface area contributed by atoms with Gasteiger partial charge in [-0.1, -0.05) is 0 Å². The molecule has 2 atom stereocenters. The van der Waals surface area contributed by atoms with Gasteiger partial charge in [-0.3, -0.25) is 37.9 Å². The molecule has 0 aromatic rings. The maximum absolute atomic E-state index is 12.3. The van der Waals surface area contributed by atoms with Gasteiger partial charge in [0.15, 0.2) is 0 Å². The Hall–Kier alpha value is -2.26. The van der Waals surface area contributed by atoms with E-state index in [4.69, 9.17) is 0 Å². The number of carbonyl (C=O) groups is 6. The molecule has 0 radical (unpaired) electrons. The summed E-state index contributed by atoms with van der Waals surface area (Å²) in [6.45, 7) is 0. The van der Waals surface area contributed by atoms with Crippen molar-refractivity contribution in [1.29, 1.82) is 0 Å². The number of carbonyl (C=O) groups excluding carboxylic acids is 4. The molecule has 20 heteroatoms. The van der Waals surface area contributed by atoms with Crippen LogP contribution in [0.2, 0.25) is 0 Å². The van der Waals surface area contributed by atoms with E-state index in [1.807, 2.05) is 0 Å². The van der Waals surface area contributed by atoms with Gasteiger partial charge in [0.2, 0.25) is 32.0 Å². The van der Waals surface area contributed by atoms with E-state index >= 15 is 0 Å². The standard InChI is InChI=1S/C14H16N2O14S4/c17-7-1-2-8(18)15(7)13(5-11(21)22,33(25,26)27)31-32-14(6-12(23)24,34(28,29)30)16-9(19)3-4-10(16)20/h1-6H2,(H,21,22)(H,23,24)(H,25,26,27)(H,28,29,30). The minimum Gasteiger partial charge on any atom is -0.481 e. The predicted octanol–water partition coefficient (Wildman–Crippen LogP) is -1.30. The van der Waals surface area contributed by atoms with E-state index in [2.05, 4.69) is 0 Å². The summed E-state index contributed by atoms with van der Waals surface area (Å²) in [7, 11) is -12.6. The van der Waals surface area contributed by atoms with E-state index in [0.29, 0.717) is 0 Å². The number of likely N-dealkylation sites (tertiary alicyclic amines) is 2. The molecule has 190 valence electrons. The van der Waals surface area contributed by atoms with Crippen LogP contribution < -0.4 is 0 Å². The Bertz CT molecular complexity index is 1060. The number of carboxylic acids is 2. The molecule has 4 amide bonds. The second-order valence-electron chi connectivity index (χ2n) is 6.93. The molecule has 2 fully saturated rings. The molecule has 2 aliphatic heterocycles. The first-order valence-corrected chi connectivity index (χ1v) is 13.9. The molecule has 4 N–H and O–H groups in total. The molecule has 2 saturated heterocycles. The third-order valence-electron chi connectivity index (χ3n) is 4.64. The first-order chi connectivity index (χ1) is 15.4. The molecule has 0 aromatic carbocycles. The van der Waals surface area contributed by atoms with Crippen LogP contribution in [-0.2, 0) is 49.0 Å². The SMILES string of the molecule is O=C(O)CC(SSC(CC(=O)O)(N1C(=O)CCC1=O)S(=O)(=O)O)(N1C(=O)CCC1=O)S(=O)(=O)O. The summed E-state index contributed by atoms with van der Waals surface area (Å²) in [5, 5.41) is 18.5. The zero-order valence-electron chi connectivity index (χ0n) is 16.6. The molecule has 0 bridgehead atoms. The summed E-state index contributed by atoms with van der Waals surface area (Å²) in [6.07, 6.45) is -5.80. The number of carboxylic acid groups (broad SMARTS) is 2. The molecule has 16 nitrogen and oxygen atoms in total. The molecular formula is C14H16N2O14S4. The summed E-state index contributed by atoms with van der Waals surface area (Å²) in [6, 6.07) is 0. The molecule has 2 aliphatic rings. The smallest absolute Gasteiger partial charge is 0.307 e. The number of hydrogen-bond acceptors (Lipinski definition) is 12. The topological polar surface area (TPSA) is 258 Å². The maximum Gasteiger partial charge on any atom is 0.307 e. The van der Waals surface area contributed by atoms with Crippen LogP contribution in [0.15, 0.2) is 0 Å². The van der Waals surface area contributed by atoms with Gasteiger partial charge < -0.3 is 10.2 Å². The highest BCUT2D eigenvalue weighted by atomic mass is 33.1. The van der Waals surface area contributed by atoms with Crippen LogP contribution in [0.1, 0.15) is 38.5 Å². The lowest BCUT2D eigenvalue weighted by atomic mass is 10.4. The van der Waals surface area contributed by atoms with Crippen molar-refractivity contribution >= 4 is 77.4 Å². The highest BCUT2D eigenvalue weighted by molar-refractivity contribution is 8.80. The van der Waals surface area contributed by atoms with Crippen molar-refractivity contribution < 1.29 is 64.9 Å². The van der Waals surface area contributed by atoms with E-state index in [-0.39, 0.29) is 9.80 Å². The second kappa shape index (κ2) is 9.41. The van der Waals surface area contributed by atoms with Crippen LogP contribution in [-0.4, -0.2) is 89.9 Å². The van der Waals surface area contributed by atoms with Crippen molar-refractivity contribution in [3.05, 3.63) is 0 Å². The quantitative estimate of drug-likeness (QED) is 0.129. The molecule has 2 rings (SSSR count). The average Bonchev–Trinajstić information content (AvgIpc) is 3.16. The minimum absolute atomic E-state index is 0.128. The van der Waals surface area contributed by atoms with Gasteiger partial charge in [-0.15, -0.1) is 0 Å². The van der Waals surface area contributed by atoms with Crippen molar-refractivity contribution in [2.45, 2.75) is 46.9 Å². The zero-order chi connectivity index (χ0) is 26.3.